The molecule has 2 N–H and O–H groups in total. The number of carbonyl (C=O) groups excluding carboxylic acids is 1. The standard InChI is InChI=1S/C23H24N2O5S/c1-4-13-7-15-16(24-17-10-23(2,3)11-18(26)22(15)17)9-21(13)31(27,28)25-14-5-6-19-20(8-14)30-12-29-19/h5-9,24-25H,4,10-12H2,1-3H3. The van der Waals surface area contributed by atoms with Crippen molar-refractivity contribution in [3.63, 3.8) is 0 Å². The van der Waals surface area contributed by atoms with Crippen LogP contribution in [0.3, 0.4) is 0 Å². The molecule has 0 saturated carbocycles. The van der Waals surface area contributed by atoms with E-state index in [1.54, 1.807) is 24.3 Å². The molecule has 0 spiro atoms. The first-order valence-corrected chi connectivity index (χ1v) is 11.8. The maximum Gasteiger partial charge on any atom is 0.262 e. The number of nitrogens with one attached hydrogen (secondary N) is 2. The number of hydrogen-bond donors (Lipinski definition) is 2. The molecule has 0 radical (unpaired) electrons. The normalized spacial score (nSPS) is 17.1. The van der Waals surface area contributed by atoms with E-state index in [4.69, 9.17) is 9.47 Å². The van der Waals surface area contributed by atoms with Gasteiger partial charge in [0.1, 0.15) is 0 Å². The highest BCUT2D eigenvalue weighted by atomic mass is 32.2. The van der Waals surface area contributed by atoms with Crippen molar-refractivity contribution in [3.8, 4) is 11.5 Å². The maximum absolute atomic E-state index is 13.3. The molecule has 3 aromatic rings. The molecule has 0 atom stereocenters. The molecule has 0 unspecified atom stereocenters. The van der Waals surface area contributed by atoms with E-state index in [1.165, 1.54) is 0 Å². The predicted octanol–water partition coefficient (Wildman–Crippen LogP) is 4.41. The zero-order valence-corrected chi connectivity index (χ0v) is 18.5. The van der Waals surface area contributed by atoms with E-state index in [0.717, 1.165) is 17.5 Å². The number of Topliss-reactive ketones (excluding diaryl/α,β-unsaturated/α-hetero) is 1. The lowest BCUT2D eigenvalue weighted by Gasteiger charge is -2.28. The molecule has 1 aliphatic heterocycles. The Balaban J connectivity index is 1.58. The summed E-state index contributed by atoms with van der Waals surface area (Å²) in [5.74, 6) is 1.20. The molecular formula is C23H24N2O5S. The van der Waals surface area contributed by atoms with E-state index >= 15 is 0 Å². The number of rotatable bonds is 4. The van der Waals surface area contributed by atoms with Crippen LogP contribution in [0.4, 0.5) is 5.69 Å². The molecule has 7 nitrogen and oxygen atoms in total. The van der Waals surface area contributed by atoms with E-state index in [-0.39, 0.29) is 22.9 Å². The van der Waals surface area contributed by atoms with Gasteiger partial charge in [0.05, 0.1) is 10.6 Å². The van der Waals surface area contributed by atoms with Gasteiger partial charge in [-0.15, -0.1) is 0 Å². The summed E-state index contributed by atoms with van der Waals surface area (Å²) >= 11 is 0. The van der Waals surface area contributed by atoms with Crippen LogP contribution < -0.4 is 14.2 Å². The summed E-state index contributed by atoms with van der Waals surface area (Å²) in [5, 5.41) is 0.800. The van der Waals surface area contributed by atoms with Gasteiger partial charge in [-0.1, -0.05) is 20.8 Å². The Hall–Kier alpha value is -3.00. The molecule has 1 aliphatic carbocycles. The predicted molar refractivity (Wildman–Crippen MR) is 117 cm³/mol. The highest BCUT2D eigenvalue weighted by molar-refractivity contribution is 7.92. The van der Waals surface area contributed by atoms with Crippen LogP contribution in [0.25, 0.3) is 10.9 Å². The van der Waals surface area contributed by atoms with E-state index in [0.29, 0.717) is 46.7 Å². The number of benzene rings is 2. The average molecular weight is 441 g/mol. The van der Waals surface area contributed by atoms with Crippen LogP contribution in [-0.4, -0.2) is 26.0 Å². The summed E-state index contributed by atoms with van der Waals surface area (Å²) in [6.45, 7) is 6.17. The van der Waals surface area contributed by atoms with Gasteiger partial charge in [0.15, 0.2) is 17.3 Å². The third-order valence-electron chi connectivity index (χ3n) is 5.93. The van der Waals surface area contributed by atoms with E-state index in [2.05, 4.69) is 23.6 Å². The second-order valence-corrected chi connectivity index (χ2v) is 10.6. The molecular weight excluding hydrogens is 416 g/mol. The number of aromatic amines is 1. The van der Waals surface area contributed by atoms with E-state index < -0.39 is 10.0 Å². The number of aromatic nitrogens is 1. The molecule has 2 heterocycles. The highest BCUT2D eigenvalue weighted by Gasteiger charge is 2.34. The fourth-order valence-corrected chi connectivity index (χ4v) is 5.90. The van der Waals surface area contributed by atoms with Crippen molar-refractivity contribution in [2.24, 2.45) is 5.41 Å². The number of carbonyl (C=O) groups is 1. The third kappa shape index (κ3) is 3.35. The molecule has 0 amide bonds. The smallest absolute Gasteiger partial charge is 0.262 e. The monoisotopic (exact) mass is 440 g/mol. The van der Waals surface area contributed by atoms with Gasteiger partial charge in [0.25, 0.3) is 10.0 Å². The third-order valence-corrected chi connectivity index (χ3v) is 7.39. The van der Waals surface area contributed by atoms with E-state index in [1.807, 2.05) is 13.0 Å². The number of anilines is 1. The van der Waals surface area contributed by atoms with Crippen molar-refractivity contribution >= 4 is 32.4 Å². The van der Waals surface area contributed by atoms with Crippen LogP contribution in [0.5, 0.6) is 11.5 Å². The van der Waals surface area contributed by atoms with Gasteiger partial charge in [0.2, 0.25) is 6.79 Å². The van der Waals surface area contributed by atoms with Gasteiger partial charge in [-0.05, 0) is 48.1 Å². The topological polar surface area (TPSA) is 97.5 Å². The van der Waals surface area contributed by atoms with Crippen molar-refractivity contribution in [2.75, 3.05) is 11.5 Å². The lowest BCUT2D eigenvalue weighted by Crippen LogP contribution is -2.26. The Morgan fingerprint density at radius 1 is 1.10 bits per heavy atom. The molecule has 162 valence electrons. The van der Waals surface area contributed by atoms with Crippen LogP contribution in [0.2, 0.25) is 0 Å². The minimum absolute atomic E-state index is 0.105. The summed E-state index contributed by atoms with van der Waals surface area (Å²) in [5.41, 5.74) is 3.20. The Morgan fingerprint density at radius 2 is 1.87 bits per heavy atom. The van der Waals surface area contributed by atoms with Crippen molar-refractivity contribution in [3.05, 3.63) is 47.2 Å². The molecule has 0 saturated heterocycles. The quantitative estimate of drug-likeness (QED) is 0.626. The molecule has 5 rings (SSSR count). The first kappa shape index (κ1) is 19.9. The lowest BCUT2D eigenvalue weighted by atomic mass is 9.76. The number of ether oxygens (including phenoxy) is 2. The van der Waals surface area contributed by atoms with Crippen LogP contribution in [0.1, 0.15) is 48.8 Å². The number of ketones is 1. The summed E-state index contributed by atoms with van der Waals surface area (Å²) in [6, 6.07) is 8.41. The van der Waals surface area contributed by atoms with Gasteiger partial charge in [-0.3, -0.25) is 9.52 Å². The fourth-order valence-electron chi connectivity index (χ4n) is 4.53. The Labute approximate surface area is 180 Å². The zero-order chi connectivity index (χ0) is 22.0. The summed E-state index contributed by atoms with van der Waals surface area (Å²) in [7, 11) is -3.85. The molecule has 2 aliphatic rings. The summed E-state index contributed by atoms with van der Waals surface area (Å²) in [6.07, 6.45) is 1.76. The van der Waals surface area contributed by atoms with Crippen LogP contribution in [-0.2, 0) is 22.9 Å². The number of aryl methyl sites for hydroxylation is 1. The largest absolute Gasteiger partial charge is 0.454 e. The maximum atomic E-state index is 13.3. The molecule has 2 aromatic carbocycles. The molecule has 8 heteroatoms. The van der Waals surface area contributed by atoms with Gasteiger partial charge in [-0.25, -0.2) is 8.42 Å². The lowest BCUT2D eigenvalue weighted by molar-refractivity contribution is 0.0913. The molecule has 0 bridgehead atoms. The summed E-state index contributed by atoms with van der Waals surface area (Å²) < 4.78 is 39.8. The van der Waals surface area contributed by atoms with Crippen molar-refractivity contribution in [2.45, 2.75) is 44.9 Å². The molecule has 31 heavy (non-hydrogen) atoms. The highest BCUT2D eigenvalue weighted by Crippen LogP contribution is 2.40. The zero-order valence-electron chi connectivity index (χ0n) is 17.7. The van der Waals surface area contributed by atoms with Gasteiger partial charge < -0.3 is 14.5 Å². The van der Waals surface area contributed by atoms with Gasteiger partial charge in [-0.2, -0.15) is 0 Å². The summed E-state index contributed by atoms with van der Waals surface area (Å²) in [4.78, 5) is 16.3. The van der Waals surface area contributed by atoms with E-state index in [9.17, 15) is 13.2 Å². The fraction of sp³-hybridized carbons (Fsp3) is 0.348. The number of fused-ring (bicyclic) bond motifs is 4. The number of H-pyrrole nitrogens is 1. The van der Waals surface area contributed by atoms with Gasteiger partial charge in [0, 0.05) is 34.6 Å². The Bertz CT molecular complexity index is 1340. The minimum Gasteiger partial charge on any atom is -0.454 e. The van der Waals surface area contributed by atoms with Crippen LogP contribution in [0.15, 0.2) is 35.2 Å². The Kier molecular flexibility index (Phi) is 4.34. The first-order valence-electron chi connectivity index (χ1n) is 10.3. The number of sulfonamides is 1. The second kappa shape index (κ2) is 6.75. The molecule has 0 fully saturated rings. The minimum atomic E-state index is -3.85. The SMILES string of the molecule is CCc1cc2c3c([nH]c2cc1S(=O)(=O)Nc1ccc2c(c1)OCO2)CC(C)(C)CC3=O. The van der Waals surface area contributed by atoms with Crippen LogP contribution in [0, 0.1) is 5.41 Å². The number of hydrogen-bond acceptors (Lipinski definition) is 5. The first-order chi connectivity index (χ1) is 14.7. The Morgan fingerprint density at radius 3 is 2.65 bits per heavy atom. The van der Waals surface area contributed by atoms with Crippen LogP contribution >= 0.6 is 0 Å². The second-order valence-electron chi connectivity index (χ2n) is 8.95. The van der Waals surface area contributed by atoms with Gasteiger partial charge >= 0.3 is 0 Å². The van der Waals surface area contributed by atoms with Crippen molar-refractivity contribution in [1.82, 2.24) is 4.98 Å². The average Bonchev–Trinajstić information content (AvgIpc) is 3.28. The molecule has 1 aromatic heterocycles. The van der Waals surface area contributed by atoms with Crippen molar-refractivity contribution < 1.29 is 22.7 Å². The van der Waals surface area contributed by atoms with Crippen molar-refractivity contribution in [1.29, 1.82) is 0 Å².